The Labute approximate surface area is 196 Å². The highest BCUT2D eigenvalue weighted by atomic mass is 16.5. The number of amides is 1. The molecule has 176 valence electrons. The number of morpholine rings is 1. The molecule has 0 radical (unpaired) electrons. The zero-order chi connectivity index (χ0) is 22.9. The fourth-order valence-electron chi connectivity index (χ4n) is 5.58. The molecule has 3 aliphatic rings. The zero-order valence-electron chi connectivity index (χ0n) is 19.8. The van der Waals surface area contributed by atoms with E-state index < -0.39 is 0 Å². The van der Waals surface area contributed by atoms with Crippen LogP contribution in [-0.4, -0.2) is 50.4 Å². The van der Waals surface area contributed by atoms with E-state index in [9.17, 15) is 4.79 Å². The molecule has 1 amide bonds. The van der Waals surface area contributed by atoms with Crippen LogP contribution < -0.4 is 15.1 Å². The maximum atomic E-state index is 14.1. The molecule has 5 rings (SSSR count). The number of rotatable bonds is 3. The minimum absolute atomic E-state index is 0.0236. The van der Waals surface area contributed by atoms with Crippen molar-refractivity contribution in [2.45, 2.75) is 39.3 Å². The molecule has 2 aliphatic heterocycles. The summed E-state index contributed by atoms with van der Waals surface area (Å²) in [6.07, 6.45) is 3.79. The van der Waals surface area contributed by atoms with Gasteiger partial charge in [0.2, 0.25) is 5.91 Å². The van der Waals surface area contributed by atoms with Crippen molar-refractivity contribution in [1.29, 1.82) is 0 Å². The van der Waals surface area contributed by atoms with E-state index in [1.807, 2.05) is 11.0 Å². The number of hydrogen-bond donors (Lipinski definition) is 1. The average molecular weight is 451 g/mol. The molecule has 1 aromatic heterocycles. The van der Waals surface area contributed by atoms with E-state index in [0.717, 1.165) is 67.6 Å². The third-order valence-electron chi connectivity index (χ3n) is 7.82. The van der Waals surface area contributed by atoms with Crippen molar-refractivity contribution in [3.05, 3.63) is 42.1 Å². The van der Waals surface area contributed by atoms with Gasteiger partial charge in [-0.3, -0.25) is 4.79 Å². The SMILES string of the molecule is CO[C@H]1CC[C@@H](C(=O)N2Cc3cccnc3Nc3ccc(N4CCOCC4)cc32)[C@@H](C)[C@H]1C. The molecular weight excluding hydrogens is 416 g/mol. The molecule has 1 aromatic carbocycles. The number of carbonyl (C=O) groups excluding carboxylic acids is 1. The summed E-state index contributed by atoms with van der Waals surface area (Å²) >= 11 is 0. The molecule has 3 heterocycles. The van der Waals surface area contributed by atoms with Crippen molar-refractivity contribution in [2.75, 3.05) is 48.5 Å². The van der Waals surface area contributed by atoms with Gasteiger partial charge in [0.15, 0.2) is 0 Å². The van der Waals surface area contributed by atoms with Crippen molar-refractivity contribution in [3.8, 4) is 0 Å². The molecule has 0 spiro atoms. The van der Waals surface area contributed by atoms with Crippen molar-refractivity contribution in [2.24, 2.45) is 17.8 Å². The number of hydrogen-bond acceptors (Lipinski definition) is 6. The van der Waals surface area contributed by atoms with Crippen LogP contribution in [0.3, 0.4) is 0 Å². The average Bonchev–Trinajstić information content (AvgIpc) is 3.02. The van der Waals surface area contributed by atoms with Crippen LogP contribution in [0.2, 0.25) is 0 Å². The van der Waals surface area contributed by atoms with Gasteiger partial charge in [0.1, 0.15) is 5.82 Å². The minimum atomic E-state index is -0.0236. The summed E-state index contributed by atoms with van der Waals surface area (Å²) in [6, 6.07) is 10.4. The number of pyridine rings is 1. The number of anilines is 4. The summed E-state index contributed by atoms with van der Waals surface area (Å²) in [4.78, 5) is 23.0. The first-order valence-electron chi connectivity index (χ1n) is 12.1. The fraction of sp³-hybridized carbons (Fsp3) is 0.538. The third kappa shape index (κ3) is 4.20. The van der Waals surface area contributed by atoms with Crippen molar-refractivity contribution in [1.82, 2.24) is 4.98 Å². The number of benzene rings is 1. The number of methoxy groups -OCH3 is 1. The van der Waals surface area contributed by atoms with Crippen LogP contribution in [-0.2, 0) is 20.8 Å². The van der Waals surface area contributed by atoms with Crippen molar-refractivity contribution >= 4 is 28.8 Å². The number of aromatic nitrogens is 1. The van der Waals surface area contributed by atoms with Crippen LogP contribution in [0.15, 0.2) is 36.5 Å². The van der Waals surface area contributed by atoms with Gasteiger partial charge in [-0.25, -0.2) is 4.98 Å². The van der Waals surface area contributed by atoms with Crippen LogP contribution in [0.5, 0.6) is 0 Å². The highest BCUT2D eigenvalue weighted by Crippen LogP contribution is 2.42. The van der Waals surface area contributed by atoms with Crippen molar-refractivity contribution in [3.63, 3.8) is 0 Å². The topological polar surface area (TPSA) is 66.9 Å². The summed E-state index contributed by atoms with van der Waals surface area (Å²) < 4.78 is 11.2. The van der Waals surface area contributed by atoms with E-state index in [2.05, 4.69) is 53.3 Å². The first-order valence-corrected chi connectivity index (χ1v) is 12.1. The molecule has 2 fully saturated rings. The summed E-state index contributed by atoms with van der Waals surface area (Å²) in [5.74, 6) is 1.59. The number of carbonyl (C=O) groups is 1. The van der Waals surface area contributed by atoms with E-state index in [4.69, 9.17) is 9.47 Å². The lowest BCUT2D eigenvalue weighted by molar-refractivity contribution is -0.128. The Morgan fingerprint density at radius 2 is 1.97 bits per heavy atom. The summed E-state index contributed by atoms with van der Waals surface area (Å²) in [7, 11) is 1.78. The van der Waals surface area contributed by atoms with Gasteiger partial charge in [0.05, 0.1) is 37.2 Å². The lowest BCUT2D eigenvalue weighted by Gasteiger charge is -2.40. The van der Waals surface area contributed by atoms with E-state index in [1.54, 1.807) is 13.3 Å². The van der Waals surface area contributed by atoms with E-state index in [0.29, 0.717) is 12.5 Å². The van der Waals surface area contributed by atoms with Gasteiger partial charge >= 0.3 is 0 Å². The molecule has 33 heavy (non-hydrogen) atoms. The predicted molar refractivity (Wildman–Crippen MR) is 130 cm³/mol. The first-order chi connectivity index (χ1) is 16.1. The molecule has 1 saturated heterocycles. The normalized spacial score (nSPS) is 27.2. The lowest BCUT2D eigenvalue weighted by Crippen LogP contribution is -2.45. The van der Waals surface area contributed by atoms with E-state index in [-0.39, 0.29) is 23.8 Å². The summed E-state index contributed by atoms with van der Waals surface area (Å²) in [6.45, 7) is 8.10. The Morgan fingerprint density at radius 1 is 1.15 bits per heavy atom. The Morgan fingerprint density at radius 3 is 2.76 bits per heavy atom. The first kappa shape index (κ1) is 22.2. The number of nitrogens with one attached hydrogen (secondary N) is 1. The Kier molecular flexibility index (Phi) is 6.25. The maximum absolute atomic E-state index is 14.1. The summed E-state index contributed by atoms with van der Waals surface area (Å²) in [5, 5.41) is 3.49. The second-order valence-electron chi connectivity index (χ2n) is 9.54. The standard InChI is InChI=1S/C26H34N4O3/c1-17-18(2)24(32-3)9-7-21(17)26(31)30-16-19-5-4-10-27-25(19)28-22-8-6-20(15-23(22)30)29-11-13-33-14-12-29/h4-6,8,10,15,17-18,21,24H,7,9,11-14,16H2,1-3H3,(H,27,28)/t17-,18+,21+,24-/m0/s1. The van der Waals surface area contributed by atoms with Gasteiger partial charge in [0.25, 0.3) is 0 Å². The fourth-order valence-corrected chi connectivity index (χ4v) is 5.58. The number of nitrogens with zero attached hydrogens (tertiary/aromatic N) is 3. The molecule has 1 saturated carbocycles. The van der Waals surface area contributed by atoms with Crippen LogP contribution >= 0.6 is 0 Å². The predicted octanol–water partition coefficient (Wildman–Crippen LogP) is 4.21. The van der Waals surface area contributed by atoms with Gasteiger partial charge in [-0.15, -0.1) is 0 Å². The quantitative estimate of drug-likeness (QED) is 0.756. The lowest BCUT2D eigenvalue weighted by atomic mass is 9.71. The summed E-state index contributed by atoms with van der Waals surface area (Å²) in [5.41, 5.74) is 4.00. The molecule has 1 aliphatic carbocycles. The van der Waals surface area contributed by atoms with E-state index in [1.165, 1.54) is 0 Å². The molecule has 0 bridgehead atoms. The second kappa shape index (κ2) is 9.31. The Bertz CT molecular complexity index is 1010. The zero-order valence-corrected chi connectivity index (χ0v) is 19.8. The van der Waals surface area contributed by atoms with Crippen LogP contribution in [0.1, 0.15) is 32.3 Å². The van der Waals surface area contributed by atoms with Gasteiger partial charge in [-0.05, 0) is 48.9 Å². The number of fused-ring (bicyclic) bond motifs is 2. The van der Waals surface area contributed by atoms with Crippen LogP contribution in [0.25, 0.3) is 0 Å². The highest BCUT2D eigenvalue weighted by Gasteiger charge is 2.40. The van der Waals surface area contributed by atoms with Crippen LogP contribution in [0.4, 0.5) is 22.9 Å². The maximum Gasteiger partial charge on any atom is 0.230 e. The molecular formula is C26H34N4O3. The van der Waals surface area contributed by atoms with Gasteiger partial charge in [-0.2, -0.15) is 0 Å². The van der Waals surface area contributed by atoms with Gasteiger partial charge in [0, 0.05) is 43.6 Å². The van der Waals surface area contributed by atoms with Crippen LogP contribution in [0, 0.1) is 17.8 Å². The van der Waals surface area contributed by atoms with Crippen molar-refractivity contribution < 1.29 is 14.3 Å². The van der Waals surface area contributed by atoms with Gasteiger partial charge in [-0.1, -0.05) is 19.9 Å². The monoisotopic (exact) mass is 450 g/mol. The molecule has 2 aromatic rings. The molecule has 7 nitrogen and oxygen atoms in total. The second-order valence-corrected chi connectivity index (χ2v) is 9.54. The number of ether oxygens (including phenoxy) is 2. The Balaban J connectivity index is 1.52. The third-order valence-corrected chi connectivity index (χ3v) is 7.82. The minimum Gasteiger partial charge on any atom is -0.381 e. The largest absolute Gasteiger partial charge is 0.381 e. The smallest absolute Gasteiger partial charge is 0.230 e. The highest BCUT2D eigenvalue weighted by molar-refractivity contribution is 6.00. The molecule has 7 heteroatoms. The molecule has 0 unspecified atom stereocenters. The molecule has 4 atom stereocenters. The Hall–Kier alpha value is -2.64. The van der Waals surface area contributed by atoms with E-state index >= 15 is 0 Å². The van der Waals surface area contributed by atoms with Gasteiger partial charge < -0.3 is 24.6 Å². The molecule has 1 N–H and O–H groups in total.